The molecule has 6 nitrogen and oxygen atoms in total. The summed E-state index contributed by atoms with van der Waals surface area (Å²) in [5.74, 6) is -0.814. The first kappa shape index (κ1) is 20.9. The highest BCUT2D eigenvalue weighted by Gasteiger charge is 2.22. The number of benzene rings is 1. The van der Waals surface area contributed by atoms with Crippen molar-refractivity contribution < 1.29 is 23.9 Å². The van der Waals surface area contributed by atoms with Crippen molar-refractivity contribution in [3.05, 3.63) is 44.8 Å². The van der Waals surface area contributed by atoms with Crippen molar-refractivity contribution in [1.82, 2.24) is 0 Å². The number of amides is 1. The van der Waals surface area contributed by atoms with E-state index in [1.54, 1.807) is 26.0 Å². The summed E-state index contributed by atoms with van der Waals surface area (Å²) in [5, 5.41) is 3.50. The predicted molar refractivity (Wildman–Crippen MR) is 105 cm³/mol. The van der Waals surface area contributed by atoms with Gasteiger partial charge in [0.1, 0.15) is 10.8 Å². The Labute approximate surface area is 166 Å². The van der Waals surface area contributed by atoms with Crippen molar-refractivity contribution in [2.45, 2.75) is 27.2 Å². The van der Waals surface area contributed by atoms with E-state index in [1.165, 1.54) is 24.5 Å². The summed E-state index contributed by atoms with van der Waals surface area (Å²) in [6, 6.07) is 4.66. The maximum Gasteiger partial charge on any atom is 0.341 e. The number of nitrogens with one attached hydrogen (secondary N) is 1. The van der Waals surface area contributed by atoms with Crippen molar-refractivity contribution in [2.75, 3.05) is 19.0 Å². The molecule has 2 aromatic rings. The minimum Gasteiger partial charge on any atom is -0.483 e. The molecule has 0 fully saturated rings. The van der Waals surface area contributed by atoms with Crippen LogP contribution in [0.3, 0.4) is 0 Å². The lowest BCUT2D eigenvalue weighted by atomic mass is 10.1. The van der Waals surface area contributed by atoms with Gasteiger partial charge >= 0.3 is 5.97 Å². The maximum atomic E-state index is 12.3. The summed E-state index contributed by atoms with van der Waals surface area (Å²) in [6.07, 6.45) is 0.291. The van der Waals surface area contributed by atoms with Crippen LogP contribution in [-0.4, -0.2) is 31.4 Å². The van der Waals surface area contributed by atoms with Crippen LogP contribution in [0.25, 0.3) is 0 Å². The Morgan fingerprint density at radius 1 is 1.22 bits per heavy atom. The highest BCUT2D eigenvalue weighted by molar-refractivity contribution is 7.16. The molecule has 0 aliphatic heterocycles. The highest BCUT2D eigenvalue weighted by Crippen LogP contribution is 2.33. The molecular formula is C19H20ClNO5S. The number of aryl methyl sites for hydroxylation is 1. The fourth-order valence-electron chi connectivity index (χ4n) is 2.41. The third-order valence-corrected chi connectivity index (χ3v) is 5.31. The average Bonchev–Trinajstić information content (AvgIpc) is 2.92. The molecule has 1 aromatic heterocycles. The molecule has 0 aliphatic rings. The second-order valence-corrected chi connectivity index (χ2v) is 7.39. The number of halogens is 1. The van der Waals surface area contributed by atoms with Crippen molar-refractivity contribution in [2.24, 2.45) is 0 Å². The molecule has 0 atom stereocenters. The second-order valence-electron chi connectivity index (χ2n) is 5.73. The van der Waals surface area contributed by atoms with E-state index in [1.807, 2.05) is 6.92 Å². The molecule has 1 amide bonds. The highest BCUT2D eigenvalue weighted by atomic mass is 35.5. The molecule has 0 radical (unpaired) electrons. The predicted octanol–water partition coefficient (Wildman–Crippen LogP) is 4.42. The van der Waals surface area contributed by atoms with Crippen LogP contribution in [0.15, 0.2) is 18.2 Å². The van der Waals surface area contributed by atoms with Gasteiger partial charge in [-0.25, -0.2) is 4.79 Å². The van der Waals surface area contributed by atoms with E-state index in [0.29, 0.717) is 27.6 Å². The third kappa shape index (κ3) is 4.87. The zero-order chi connectivity index (χ0) is 20.1. The first-order valence-corrected chi connectivity index (χ1v) is 9.41. The standard InChI is InChI=1S/C19H20ClNO5S/c1-5-14(22)13-8-12(20)6-7-15(13)26-9-16(23)21-18-17(19(24)25-4)10(2)11(3)27-18/h6-8H,5,9H2,1-4H3,(H,21,23). The fourth-order valence-corrected chi connectivity index (χ4v) is 3.64. The van der Waals surface area contributed by atoms with Crippen LogP contribution in [0.2, 0.25) is 5.02 Å². The maximum absolute atomic E-state index is 12.3. The molecular weight excluding hydrogens is 390 g/mol. The van der Waals surface area contributed by atoms with Crippen molar-refractivity contribution in [1.29, 1.82) is 0 Å². The number of carbonyl (C=O) groups is 3. The topological polar surface area (TPSA) is 81.7 Å². The third-order valence-electron chi connectivity index (χ3n) is 3.95. The van der Waals surface area contributed by atoms with Gasteiger partial charge in [0.25, 0.3) is 5.91 Å². The number of ketones is 1. The molecule has 0 bridgehead atoms. The zero-order valence-electron chi connectivity index (χ0n) is 15.5. The molecule has 1 aromatic carbocycles. The van der Waals surface area contributed by atoms with E-state index >= 15 is 0 Å². The summed E-state index contributed by atoms with van der Waals surface area (Å²) in [6.45, 7) is 5.06. The van der Waals surface area contributed by atoms with Crippen molar-refractivity contribution in [3.63, 3.8) is 0 Å². The van der Waals surface area contributed by atoms with Gasteiger partial charge in [-0.1, -0.05) is 18.5 Å². The number of esters is 1. The van der Waals surface area contributed by atoms with Gasteiger partial charge in [-0.15, -0.1) is 11.3 Å². The van der Waals surface area contributed by atoms with E-state index in [4.69, 9.17) is 21.1 Å². The summed E-state index contributed by atoms with van der Waals surface area (Å²) in [5.41, 5.74) is 1.43. The number of carbonyl (C=O) groups excluding carboxylic acids is 3. The Morgan fingerprint density at radius 3 is 2.56 bits per heavy atom. The van der Waals surface area contributed by atoms with Crippen LogP contribution in [0, 0.1) is 13.8 Å². The van der Waals surface area contributed by atoms with Crippen LogP contribution in [-0.2, 0) is 9.53 Å². The molecule has 0 spiro atoms. The quantitative estimate of drug-likeness (QED) is 0.540. The van der Waals surface area contributed by atoms with Crippen LogP contribution < -0.4 is 10.1 Å². The van der Waals surface area contributed by atoms with Crippen LogP contribution in [0.4, 0.5) is 5.00 Å². The number of anilines is 1. The first-order chi connectivity index (χ1) is 12.8. The molecule has 2 rings (SSSR count). The Bertz CT molecular complexity index is 890. The van der Waals surface area contributed by atoms with E-state index in [0.717, 1.165) is 10.4 Å². The molecule has 8 heteroatoms. The minimum atomic E-state index is -0.512. The summed E-state index contributed by atoms with van der Waals surface area (Å²) >= 11 is 7.22. The molecule has 144 valence electrons. The number of methoxy groups -OCH3 is 1. The normalized spacial score (nSPS) is 10.4. The van der Waals surface area contributed by atoms with Crippen molar-refractivity contribution in [3.8, 4) is 5.75 Å². The van der Waals surface area contributed by atoms with Gasteiger partial charge in [0, 0.05) is 16.3 Å². The Kier molecular flexibility index (Phi) is 6.98. The number of hydrogen-bond donors (Lipinski definition) is 1. The van der Waals surface area contributed by atoms with Gasteiger partial charge in [-0.05, 0) is 37.6 Å². The molecule has 0 aliphatic carbocycles. The first-order valence-electron chi connectivity index (χ1n) is 8.22. The van der Waals surface area contributed by atoms with Crippen LogP contribution >= 0.6 is 22.9 Å². The lowest BCUT2D eigenvalue weighted by molar-refractivity contribution is -0.118. The van der Waals surface area contributed by atoms with Gasteiger partial charge in [0.05, 0.1) is 18.2 Å². The van der Waals surface area contributed by atoms with Gasteiger partial charge < -0.3 is 14.8 Å². The summed E-state index contributed by atoms with van der Waals surface area (Å²) in [4.78, 5) is 37.2. The lowest BCUT2D eigenvalue weighted by Crippen LogP contribution is -2.21. The van der Waals surface area contributed by atoms with Gasteiger partial charge in [0.15, 0.2) is 12.4 Å². The average molecular weight is 410 g/mol. The number of hydrogen-bond acceptors (Lipinski definition) is 6. The molecule has 1 N–H and O–H groups in total. The molecule has 1 heterocycles. The van der Waals surface area contributed by atoms with Gasteiger partial charge in [-0.2, -0.15) is 0 Å². The number of rotatable bonds is 7. The molecule has 0 saturated heterocycles. The smallest absolute Gasteiger partial charge is 0.341 e. The Morgan fingerprint density at radius 2 is 1.93 bits per heavy atom. The monoisotopic (exact) mass is 409 g/mol. The van der Waals surface area contributed by atoms with Gasteiger partial charge in [0.2, 0.25) is 0 Å². The number of Topliss-reactive ketones (excluding diaryl/α,β-unsaturated/α-hetero) is 1. The molecule has 0 unspecified atom stereocenters. The van der Waals surface area contributed by atoms with E-state index in [-0.39, 0.29) is 18.1 Å². The second kappa shape index (κ2) is 9.01. The Hall–Kier alpha value is -2.38. The van der Waals surface area contributed by atoms with E-state index < -0.39 is 11.9 Å². The molecule has 27 heavy (non-hydrogen) atoms. The molecule has 0 saturated carbocycles. The number of ether oxygens (including phenoxy) is 2. The lowest BCUT2D eigenvalue weighted by Gasteiger charge is -2.11. The zero-order valence-corrected chi connectivity index (χ0v) is 17.0. The van der Waals surface area contributed by atoms with Crippen molar-refractivity contribution >= 4 is 45.6 Å². The van der Waals surface area contributed by atoms with E-state index in [2.05, 4.69) is 5.32 Å². The fraction of sp³-hybridized carbons (Fsp3) is 0.316. The number of thiophene rings is 1. The van der Waals surface area contributed by atoms with Crippen LogP contribution in [0.1, 0.15) is 44.5 Å². The summed E-state index contributed by atoms with van der Waals surface area (Å²) in [7, 11) is 1.29. The largest absolute Gasteiger partial charge is 0.483 e. The van der Waals surface area contributed by atoms with Gasteiger partial charge in [-0.3, -0.25) is 9.59 Å². The van der Waals surface area contributed by atoms with Crippen LogP contribution in [0.5, 0.6) is 5.75 Å². The minimum absolute atomic E-state index is 0.134. The Balaban J connectivity index is 2.14. The SMILES string of the molecule is CCC(=O)c1cc(Cl)ccc1OCC(=O)Nc1sc(C)c(C)c1C(=O)OC. The summed E-state index contributed by atoms with van der Waals surface area (Å²) < 4.78 is 10.3. The van der Waals surface area contributed by atoms with E-state index in [9.17, 15) is 14.4 Å².